The third kappa shape index (κ3) is 4.11. The van der Waals surface area contributed by atoms with Gasteiger partial charge < -0.3 is 10.2 Å². The van der Waals surface area contributed by atoms with E-state index in [0.29, 0.717) is 12.2 Å². The molecule has 5 rings (SSSR count). The van der Waals surface area contributed by atoms with Crippen LogP contribution in [0.2, 0.25) is 0 Å². The van der Waals surface area contributed by atoms with Crippen molar-refractivity contribution in [2.24, 2.45) is 5.92 Å². The molecule has 1 N–H and O–H groups in total. The van der Waals surface area contributed by atoms with Gasteiger partial charge in [-0.2, -0.15) is 5.10 Å². The van der Waals surface area contributed by atoms with Crippen molar-refractivity contribution in [1.82, 2.24) is 20.1 Å². The number of hydrogen-bond acceptors (Lipinski definition) is 4. The van der Waals surface area contributed by atoms with Gasteiger partial charge in [0.15, 0.2) is 5.69 Å². The highest BCUT2D eigenvalue weighted by atomic mass is 19.1. The fourth-order valence-corrected chi connectivity index (χ4v) is 4.63. The minimum absolute atomic E-state index is 0.182. The number of hydrogen-bond donors (Lipinski definition) is 1. The molecule has 0 spiro atoms. The largest absolute Gasteiger partial charge is 0.357 e. The summed E-state index contributed by atoms with van der Waals surface area (Å²) in [5.41, 5.74) is 4.25. The molecule has 0 radical (unpaired) electrons. The minimum atomic E-state index is -0.287. The Balaban J connectivity index is 1.27. The molecule has 7 heteroatoms. The number of benzene rings is 1. The summed E-state index contributed by atoms with van der Waals surface area (Å²) < 4.78 is 15.1. The number of carbonyl (C=O) groups excluding carboxylic acids is 1. The molecule has 166 valence electrons. The summed E-state index contributed by atoms with van der Waals surface area (Å²) >= 11 is 0. The van der Waals surface area contributed by atoms with Crippen LogP contribution in [0.5, 0.6) is 0 Å². The molecule has 1 aliphatic carbocycles. The van der Waals surface area contributed by atoms with E-state index < -0.39 is 0 Å². The third-order valence-electron chi connectivity index (χ3n) is 6.59. The average molecular weight is 434 g/mol. The predicted octanol–water partition coefficient (Wildman–Crippen LogP) is 4.06. The van der Waals surface area contributed by atoms with Crippen LogP contribution in [0.1, 0.15) is 53.5 Å². The van der Waals surface area contributed by atoms with Gasteiger partial charge in [-0.3, -0.25) is 4.79 Å². The van der Waals surface area contributed by atoms with E-state index in [-0.39, 0.29) is 11.7 Å². The normalized spacial score (nSPS) is 16.2. The van der Waals surface area contributed by atoms with Gasteiger partial charge in [-0.15, -0.1) is 0 Å². The van der Waals surface area contributed by atoms with Gasteiger partial charge in [0.05, 0.1) is 5.69 Å². The summed E-state index contributed by atoms with van der Waals surface area (Å²) in [6, 6.07) is 10.3. The van der Waals surface area contributed by atoms with Gasteiger partial charge in [0.2, 0.25) is 0 Å². The van der Waals surface area contributed by atoms with Gasteiger partial charge in [0.25, 0.3) is 5.91 Å². The van der Waals surface area contributed by atoms with Crippen LogP contribution in [0.25, 0.3) is 5.69 Å². The van der Waals surface area contributed by atoms with Crippen LogP contribution in [0.3, 0.4) is 0 Å². The summed E-state index contributed by atoms with van der Waals surface area (Å²) in [7, 11) is 0. The molecular weight excluding hydrogens is 405 g/mol. The highest BCUT2D eigenvalue weighted by molar-refractivity contribution is 5.94. The van der Waals surface area contributed by atoms with Crippen molar-refractivity contribution in [3.8, 4) is 5.69 Å². The lowest BCUT2D eigenvalue weighted by Crippen LogP contribution is -2.33. The number of aromatic nitrogens is 3. The zero-order valence-electron chi connectivity index (χ0n) is 18.4. The van der Waals surface area contributed by atoms with E-state index in [0.717, 1.165) is 66.6 Å². The van der Waals surface area contributed by atoms with Gasteiger partial charge in [0, 0.05) is 37.1 Å². The van der Waals surface area contributed by atoms with E-state index >= 15 is 0 Å². The second-order valence-electron chi connectivity index (χ2n) is 8.89. The van der Waals surface area contributed by atoms with Gasteiger partial charge in [-0.1, -0.05) is 13.0 Å². The van der Waals surface area contributed by atoms with Gasteiger partial charge in [-0.05, 0) is 73.9 Å². The molecule has 1 aliphatic heterocycles. The maximum absolute atomic E-state index is 13.3. The quantitative estimate of drug-likeness (QED) is 0.659. The molecule has 2 aliphatic rings. The fourth-order valence-electron chi connectivity index (χ4n) is 4.63. The Bertz CT molecular complexity index is 1100. The second-order valence-corrected chi connectivity index (χ2v) is 8.89. The van der Waals surface area contributed by atoms with Gasteiger partial charge in [0.1, 0.15) is 11.6 Å². The van der Waals surface area contributed by atoms with Crippen molar-refractivity contribution < 1.29 is 9.18 Å². The third-order valence-corrected chi connectivity index (χ3v) is 6.59. The first-order chi connectivity index (χ1) is 15.6. The summed E-state index contributed by atoms with van der Waals surface area (Å²) in [6.07, 6.45) is 6.95. The monoisotopic (exact) mass is 433 g/mol. The molecule has 1 saturated heterocycles. The lowest BCUT2D eigenvalue weighted by Gasteiger charge is -2.31. The van der Waals surface area contributed by atoms with E-state index in [1.54, 1.807) is 16.8 Å². The predicted molar refractivity (Wildman–Crippen MR) is 122 cm³/mol. The molecular formula is C25H28FN5O. The van der Waals surface area contributed by atoms with Crippen LogP contribution in [0, 0.1) is 11.7 Å². The van der Waals surface area contributed by atoms with Crippen LogP contribution in [0.4, 0.5) is 10.2 Å². The molecule has 0 saturated carbocycles. The maximum atomic E-state index is 13.3. The molecule has 6 nitrogen and oxygen atoms in total. The number of rotatable bonds is 5. The number of piperidine rings is 1. The number of pyridine rings is 1. The van der Waals surface area contributed by atoms with E-state index in [9.17, 15) is 9.18 Å². The molecule has 0 bridgehead atoms. The second kappa shape index (κ2) is 8.73. The van der Waals surface area contributed by atoms with Crippen LogP contribution in [-0.4, -0.2) is 33.8 Å². The maximum Gasteiger partial charge on any atom is 0.272 e. The molecule has 2 aromatic heterocycles. The Hall–Kier alpha value is -3.22. The Morgan fingerprint density at radius 1 is 1.12 bits per heavy atom. The van der Waals surface area contributed by atoms with Gasteiger partial charge in [-0.25, -0.2) is 14.1 Å². The fraction of sp³-hybridized carbons (Fsp3) is 0.400. The number of anilines is 1. The van der Waals surface area contributed by atoms with E-state index in [2.05, 4.69) is 27.2 Å². The van der Waals surface area contributed by atoms with Gasteiger partial charge >= 0.3 is 0 Å². The molecule has 3 heterocycles. The molecule has 1 aromatic carbocycles. The zero-order valence-corrected chi connectivity index (χ0v) is 18.4. The first-order valence-electron chi connectivity index (χ1n) is 11.4. The van der Waals surface area contributed by atoms with E-state index in [4.69, 9.17) is 0 Å². The Morgan fingerprint density at radius 3 is 2.62 bits per heavy atom. The molecule has 3 aromatic rings. The number of fused-ring (bicyclic) bond motifs is 1. The lowest BCUT2D eigenvalue weighted by atomic mass is 9.99. The molecule has 1 amide bonds. The average Bonchev–Trinajstić information content (AvgIpc) is 3.42. The zero-order chi connectivity index (χ0) is 22.1. The van der Waals surface area contributed by atoms with Crippen LogP contribution in [0.15, 0.2) is 42.6 Å². The standard InChI is InChI=1S/C25H28FN5O/c1-17-11-13-30(14-12-17)23-10-5-18(15-27-23)16-28-25(32)24-21-3-2-4-22(21)31(29-24)20-8-6-19(26)7-9-20/h5-10,15,17H,2-4,11-14,16H2,1H3,(H,28,32). The SMILES string of the molecule is CC1CCN(c2ccc(CNC(=O)c3nn(-c4ccc(F)cc4)c4c3CCC4)cn2)CC1. The van der Waals surface area contributed by atoms with Crippen LogP contribution in [-0.2, 0) is 19.4 Å². The Morgan fingerprint density at radius 2 is 1.91 bits per heavy atom. The molecule has 1 fully saturated rings. The summed E-state index contributed by atoms with van der Waals surface area (Å²) in [6.45, 7) is 4.80. The van der Waals surface area contributed by atoms with E-state index in [1.807, 2.05) is 18.3 Å². The van der Waals surface area contributed by atoms with Crippen molar-refractivity contribution in [2.45, 2.75) is 45.6 Å². The number of halogens is 1. The minimum Gasteiger partial charge on any atom is -0.357 e. The summed E-state index contributed by atoms with van der Waals surface area (Å²) in [5, 5.41) is 7.58. The topological polar surface area (TPSA) is 63.1 Å². The van der Waals surface area contributed by atoms with Crippen molar-refractivity contribution in [2.75, 3.05) is 18.0 Å². The van der Waals surface area contributed by atoms with Crippen LogP contribution >= 0.6 is 0 Å². The number of nitrogens with one attached hydrogen (secondary N) is 1. The molecule has 0 atom stereocenters. The smallest absolute Gasteiger partial charge is 0.272 e. The van der Waals surface area contributed by atoms with Crippen molar-refractivity contribution in [1.29, 1.82) is 0 Å². The number of carbonyl (C=O) groups is 1. The lowest BCUT2D eigenvalue weighted by molar-refractivity contribution is 0.0944. The Kier molecular flexibility index (Phi) is 5.64. The highest BCUT2D eigenvalue weighted by Crippen LogP contribution is 2.28. The summed E-state index contributed by atoms with van der Waals surface area (Å²) in [5.74, 6) is 1.32. The first kappa shape index (κ1) is 20.7. The van der Waals surface area contributed by atoms with Crippen molar-refractivity contribution in [3.05, 3.63) is 70.9 Å². The number of nitrogens with zero attached hydrogens (tertiary/aromatic N) is 4. The first-order valence-corrected chi connectivity index (χ1v) is 11.4. The highest BCUT2D eigenvalue weighted by Gasteiger charge is 2.27. The number of amides is 1. The van der Waals surface area contributed by atoms with Crippen molar-refractivity contribution >= 4 is 11.7 Å². The van der Waals surface area contributed by atoms with E-state index in [1.165, 1.54) is 25.0 Å². The molecule has 0 unspecified atom stereocenters. The molecule has 32 heavy (non-hydrogen) atoms. The van der Waals surface area contributed by atoms with Crippen LogP contribution < -0.4 is 10.2 Å². The summed E-state index contributed by atoms with van der Waals surface area (Å²) in [4.78, 5) is 19.9. The Labute approximate surface area is 187 Å². The van der Waals surface area contributed by atoms with Crippen molar-refractivity contribution in [3.63, 3.8) is 0 Å².